The number of benzene rings is 2. The second-order valence-electron chi connectivity index (χ2n) is 4.96. The van der Waals surface area contributed by atoms with E-state index in [1.165, 1.54) is 5.56 Å². The molecule has 1 heterocycles. The highest BCUT2D eigenvalue weighted by molar-refractivity contribution is 5.82. The van der Waals surface area contributed by atoms with E-state index < -0.39 is 0 Å². The van der Waals surface area contributed by atoms with Gasteiger partial charge in [-0.15, -0.1) is 0 Å². The van der Waals surface area contributed by atoms with Crippen LogP contribution in [0.5, 0.6) is 5.75 Å². The molecule has 0 bridgehead atoms. The molecule has 0 saturated carbocycles. The molecule has 0 amide bonds. The zero-order valence-corrected chi connectivity index (χ0v) is 11.3. The van der Waals surface area contributed by atoms with Gasteiger partial charge in [0.05, 0.1) is 16.6 Å². The van der Waals surface area contributed by atoms with Crippen LogP contribution in [0.3, 0.4) is 0 Å². The van der Waals surface area contributed by atoms with Gasteiger partial charge in [-0.1, -0.05) is 18.2 Å². The monoisotopic (exact) mass is 252 g/mol. The molecule has 0 atom stereocenters. The minimum absolute atomic E-state index is 0.303. The minimum Gasteiger partial charge on any atom is -0.507 e. The summed E-state index contributed by atoms with van der Waals surface area (Å²) >= 11 is 0. The number of aryl methyl sites for hydroxylation is 3. The summed E-state index contributed by atoms with van der Waals surface area (Å²) in [4.78, 5) is 4.65. The van der Waals surface area contributed by atoms with Gasteiger partial charge in [0.25, 0.3) is 0 Å². The number of hydrogen-bond acceptors (Lipinski definition) is 2. The first-order valence-corrected chi connectivity index (χ1v) is 6.30. The number of hydrogen-bond donors (Lipinski definition) is 1. The van der Waals surface area contributed by atoms with Crippen molar-refractivity contribution in [3.05, 3.63) is 47.5 Å². The van der Waals surface area contributed by atoms with E-state index in [1.807, 2.05) is 36.7 Å². The Morgan fingerprint density at radius 2 is 1.89 bits per heavy atom. The van der Waals surface area contributed by atoms with Crippen molar-refractivity contribution < 1.29 is 5.11 Å². The van der Waals surface area contributed by atoms with E-state index in [0.717, 1.165) is 28.0 Å². The van der Waals surface area contributed by atoms with E-state index in [0.29, 0.717) is 5.75 Å². The van der Waals surface area contributed by atoms with Gasteiger partial charge in [-0.2, -0.15) is 0 Å². The molecule has 3 heteroatoms. The topological polar surface area (TPSA) is 38.1 Å². The van der Waals surface area contributed by atoms with E-state index in [-0.39, 0.29) is 0 Å². The maximum Gasteiger partial charge on any atom is 0.144 e. The molecule has 1 aromatic heterocycles. The lowest BCUT2D eigenvalue weighted by Crippen LogP contribution is -1.93. The summed E-state index contributed by atoms with van der Waals surface area (Å²) in [6.07, 6.45) is 0. The third-order valence-corrected chi connectivity index (χ3v) is 3.51. The van der Waals surface area contributed by atoms with Crippen molar-refractivity contribution in [1.82, 2.24) is 9.55 Å². The number of aromatic hydroxyl groups is 1. The number of nitrogens with zero attached hydrogens (tertiary/aromatic N) is 2. The Labute approximate surface area is 112 Å². The molecule has 3 nitrogen and oxygen atoms in total. The van der Waals surface area contributed by atoms with Gasteiger partial charge in [0.15, 0.2) is 0 Å². The molecule has 0 aliphatic heterocycles. The third-order valence-electron chi connectivity index (χ3n) is 3.51. The van der Waals surface area contributed by atoms with Crippen molar-refractivity contribution in [2.45, 2.75) is 13.8 Å². The first-order chi connectivity index (χ1) is 9.08. The van der Waals surface area contributed by atoms with Gasteiger partial charge in [-0.3, -0.25) is 0 Å². The molecule has 0 aliphatic carbocycles. The SMILES string of the molecule is Cc1ccc2c(c1)nc(-c1cccc(C)c1O)n2C. The number of phenolic OH excluding ortho intramolecular Hbond substituents is 1. The highest BCUT2D eigenvalue weighted by atomic mass is 16.3. The standard InChI is InChI=1S/C16H16N2O/c1-10-7-8-14-13(9-10)17-16(18(14)3)12-6-4-5-11(2)15(12)19/h4-9,19H,1-3H3. The van der Waals surface area contributed by atoms with Gasteiger partial charge >= 0.3 is 0 Å². The Kier molecular flexibility index (Phi) is 2.56. The molecule has 96 valence electrons. The maximum absolute atomic E-state index is 10.2. The predicted molar refractivity (Wildman–Crippen MR) is 77.3 cm³/mol. The fourth-order valence-corrected chi connectivity index (χ4v) is 2.39. The Balaban J connectivity index is 2.31. The van der Waals surface area contributed by atoms with E-state index in [2.05, 4.69) is 30.1 Å². The average Bonchev–Trinajstić information content (AvgIpc) is 2.69. The van der Waals surface area contributed by atoms with Gasteiger partial charge in [0, 0.05) is 7.05 Å². The zero-order valence-electron chi connectivity index (χ0n) is 11.3. The van der Waals surface area contributed by atoms with Crippen LogP contribution in [0.1, 0.15) is 11.1 Å². The van der Waals surface area contributed by atoms with Crippen molar-refractivity contribution in [2.75, 3.05) is 0 Å². The fraction of sp³-hybridized carbons (Fsp3) is 0.188. The van der Waals surface area contributed by atoms with Crippen molar-refractivity contribution in [3.8, 4) is 17.1 Å². The summed E-state index contributed by atoms with van der Waals surface area (Å²) in [5.41, 5.74) is 4.85. The fourth-order valence-electron chi connectivity index (χ4n) is 2.39. The van der Waals surface area contributed by atoms with Gasteiger partial charge in [-0.25, -0.2) is 4.98 Å². The van der Waals surface area contributed by atoms with Crippen LogP contribution >= 0.6 is 0 Å². The second-order valence-corrected chi connectivity index (χ2v) is 4.96. The van der Waals surface area contributed by atoms with Crippen LogP contribution in [-0.4, -0.2) is 14.7 Å². The first kappa shape index (κ1) is 11.8. The summed E-state index contributed by atoms with van der Waals surface area (Å²) in [7, 11) is 1.97. The molecular weight excluding hydrogens is 236 g/mol. The van der Waals surface area contributed by atoms with Crippen LogP contribution < -0.4 is 0 Å². The lowest BCUT2D eigenvalue weighted by molar-refractivity contribution is 0.472. The second kappa shape index (κ2) is 4.12. The zero-order chi connectivity index (χ0) is 13.6. The molecule has 3 rings (SSSR count). The van der Waals surface area contributed by atoms with Crippen LogP contribution in [0.4, 0.5) is 0 Å². The third kappa shape index (κ3) is 1.78. The lowest BCUT2D eigenvalue weighted by atomic mass is 10.1. The van der Waals surface area contributed by atoms with E-state index in [9.17, 15) is 5.11 Å². The average molecular weight is 252 g/mol. The largest absolute Gasteiger partial charge is 0.507 e. The van der Waals surface area contributed by atoms with Crippen molar-refractivity contribution in [1.29, 1.82) is 0 Å². The van der Waals surface area contributed by atoms with E-state index in [1.54, 1.807) is 0 Å². The smallest absolute Gasteiger partial charge is 0.144 e. The molecule has 2 aromatic carbocycles. The molecule has 1 N–H and O–H groups in total. The van der Waals surface area contributed by atoms with Crippen LogP contribution in [0, 0.1) is 13.8 Å². The predicted octanol–water partition coefficient (Wildman–Crippen LogP) is 3.56. The molecule has 0 unspecified atom stereocenters. The Morgan fingerprint density at radius 1 is 1.11 bits per heavy atom. The van der Waals surface area contributed by atoms with Gasteiger partial charge < -0.3 is 9.67 Å². The van der Waals surface area contributed by atoms with Crippen molar-refractivity contribution in [2.24, 2.45) is 7.05 Å². The maximum atomic E-state index is 10.2. The van der Waals surface area contributed by atoms with Crippen LogP contribution in [0.25, 0.3) is 22.4 Å². The van der Waals surface area contributed by atoms with Crippen molar-refractivity contribution in [3.63, 3.8) is 0 Å². The number of rotatable bonds is 1. The summed E-state index contributed by atoms with van der Waals surface area (Å²) in [5.74, 6) is 1.10. The van der Waals surface area contributed by atoms with Crippen LogP contribution in [0.15, 0.2) is 36.4 Å². The van der Waals surface area contributed by atoms with Crippen molar-refractivity contribution >= 4 is 11.0 Å². The van der Waals surface area contributed by atoms with Gasteiger partial charge in [-0.05, 0) is 43.2 Å². The summed E-state index contributed by atoms with van der Waals surface area (Å²) in [6.45, 7) is 3.95. The Hall–Kier alpha value is -2.29. The molecule has 0 saturated heterocycles. The van der Waals surface area contributed by atoms with Crippen LogP contribution in [-0.2, 0) is 7.05 Å². The number of imidazole rings is 1. The molecular formula is C16H16N2O. The Bertz CT molecular complexity index is 772. The number of para-hydroxylation sites is 1. The summed E-state index contributed by atoms with van der Waals surface area (Å²) in [6, 6.07) is 11.9. The molecule has 19 heavy (non-hydrogen) atoms. The quantitative estimate of drug-likeness (QED) is 0.719. The van der Waals surface area contributed by atoms with Crippen LogP contribution in [0.2, 0.25) is 0 Å². The van der Waals surface area contributed by atoms with Gasteiger partial charge in [0.2, 0.25) is 0 Å². The lowest BCUT2D eigenvalue weighted by Gasteiger charge is -2.07. The minimum atomic E-state index is 0.303. The Morgan fingerprint density at radius 3 is 2.68 bits per heavy atom. The van der Waals surface area contributed by atoms with E-state index >= 15 is 0 Å². The number of phenols is 1. The summed E-state index contributed by atoms with van der Waals surface area (Å²) < 4.78 is 2.02. The highest BCUT2D eigenvalue weighted by Crippen LogP contribution is 2.32. The van der Waals surface area contributed by atoms with E-state index in [4.69, 9.17) is 0 Å². The number of fused-ring (bicyclic) bond motifs is 1. The highest BCUT2D eigenvalue weighted by Gasteiger charge is 2.14. The first-order valence-electron chi connectivity index (χ1n) is 6.30. The molecule has 0 aliphatic rings. The molecule has 0 radical (unpaired) electrons. The van der Waals surface area contributed by atoms with Gasteiger partial charge in [0.1, 0.15) is 11.6 Å². The molecule has 3 aromatic rings. The summed E-state index contributed by atoms with van der Waals surface area (Å²) in [5, 5.41) is 10.2. The molecule has 0 fully saturated rings. The molecule has 0 spiro atoms. The normalized spacial score (nSPS) is 11.1. The number of aromatic nitrogens is 2.